The summed E-state index contributed by atoms with van der Waals surface area (Å²) in [5.74, 6) is -1.65. The van der Waals surface area contributed by atoms with Crippen molar-refractivity contribution in [1.82, 2.24) is 14.8 Å². The first-order valence-electron chi connectivity index (χ1n) is 12.2. The summed E-state index contributed by atoms with van der Waals surface area (Å²) >= 11 is 0. The molecule has 4 heterocycles. The highest BCUT2D eigenvalue weighted by Crippen LogP contribution is 2.47. The molecular formula is C28H25F2N3O3. The Kier molecular flexibility index (Phi) is 5.56. The Bertz CT molecular complexity index is 1300. The maximum atomic E-state index is 13.8. The van der Waals surface area contributed by atoms with Gasteiger partial charge in [-0.2, -0.15) is 0 Å². The molecule has 2 aromatic carbocycles. The van der Waals surface area contributed by atoms with Gasteiger partial charge in [-0.1, -0.05) is 36.4 Å². The summed E-state index contributed by atoms with van der Waals surface area (Å²) in [4.78, 5) is 34.7. The van der Waals surface area contributed by atoms with Gasteiger partial charge in [0.1, 0.15) is 23.6 Å². The van der Waals surface area contributed by atoms with Gasteiger partial charge in [0, 0.05) is 37.6 Å². The molecule has 3 aliphatic rings. The van der Waals surface area contributed by atoms with Gasteiger partial charge in [0.25, 0.3) is 11.8 Å². The van der Waals surface area contributed by atoms with E-state index in [2.05, 4.69) is 4.98 Å². The number of halogens is 2. The molecule has 3 aliphatic heterocycles. The number of carbonyl (C=O) groups excluding carboxylic acids is 2. The Labute approximate surface area is 207 Å². The third-order valence-corrected chi connectivity index (χ3v) is 7.48. The van der Waals surface area contributed by atoms with Crippen LogP contribution in [0.2, 0.25) is 0 Å². The second-order valence-electron chi connectivity index (χ2n) is 9.64. The van der Waals surface area contributed by atoms with Gasteiger partial charge in [-0.25, -0.2) is 13.8 Å². The Morgan fingerprint density at radius 2 is 1.67 bits per heavy atom. The Morgan fingerprint density at radius 3 is 2.39 bits per heavy atom. The number of hydrogen-bond acceptors (Lipinski definition) is 4. The van der Waals surface area contributed by atoms with E-state index in [4.69, 9.17) is 4.74 Å². The normalized spacial score (nSPS) is 22.8. The lowest BCUT2D eigenvalue weighted by molar-refractivity contribution is -0.142. The van der Waals surface area contributed by atoms with Gasteiger partial charge < -0.3 is 14.5 Å². The number of carbonyl (C=O) groups is 2. The topological polar surface area (TPSA) is 62.7 Å². The number of aromatic nitrogens is 1. The standard InChI is InChI=1S/C28H25F2N3O3/c29-20-15-19(16-21(30)17-20)24-9-10-25-33(24)27(35)28(36-25)11-13-32(14-12-28)26(34)23-8-4-7-22(31-23)18-5-2-1-3-6-18/h1-8,15-17,24-25H,9-14H2. The lowest BCUT2D eigenvalue weighted by Crippen LogP contribution is -2.51. The van der Waals surface area contributed by atoms with Crippen molar-refractivity contribution in [1.29, 1.82) is 0 Å². The number of fused-ring (bicyclic) bond motifs is 1. The second-order valence-corrected chi connectivity index (χ2v) is 9.64. The van der Waals surface area contributed by atoms with Crippen LogP contribution in [0.4, 0.5) is 8.78 Å². The molecule has 6 rings (SSSR count). The van der Waals surface area contributed by atoms with E-state index in [9.17, 15) is 18.4 Å². The molecule has 1 spiro atoms. The number of ether oxygens (including phenoxy) is 1. The van der Waals surface area contributed by atoms with E-state index in [1.165, 1.54) is 12.1 Å². The van der Waals surface area contributed by atoms with Gasteiger partial charge in [0.15, 0.2) is 5.60 Å². The molecule has 0 radical (unpaired) electrons. The van der Waals surface area contributed by atoms with Gasteiger partial charge in [-0.3, -0.25) is 9.59 Å². The predicted molar refractivity (Wildman–Crippen MR) is 128 cm³/mol. The zero-order chi connectivity index (χ0) is 24.9. The van der Waals surface area contributed by atoms with E-state index in [-0.39, 0.29) is 11.8 Å². The highest BCUT2D eigenvalue weighted by atomic mass is 19.1. The molecular weight excluding hydrogens is 464 g/mol. The van der Waals surface area contributed by atoms with E-state index in [0.29, 0.717) is 50.0 Å². The first-order valence-corrected chi connectivity index (χ1v) is 12.2. The van der Waals surface area contributed by atoms with Crippen LogP contribution in [0.25, 0.3) is 11.3 Å². The van der Waals surface area contributed by atoms with Crippen LogP contribution >= 0.6 is 0 Å². The van der Waals surface area contributed by atoms with Crippen LogP contribution in [0.3, 0.4) is 0 Å². The first-order chi connectivity index (χ1) is 17.4. The molecule has 36 heavy (non-hydrogen) atoms. The van der Waals surface area contributed by atoms with Crippen LogP contribution in [-0.4, -0.2) is 51.5 Å². The van der Waals surface area contributed by atoms with Gasteiger partial charge >= 0.3 is 0 Å². The monoisotopic (exact) mass is 489 g/mol. The van der Waals surface area contributed by atoms with Crippen LogP contribution in [0.5, 0.6) is 0 Å². The molecule has 2 unspecified atom stereocenters. The lowest BCUT2D eigenvalue weighted by atomic mass is 9.89. The maximum absolute atomic E-state index is 13.8. The second kappa shape index (κ2) is 8.78. The summed E-state index contributed by atoms with van der Waals surface area (Å²) in [6.07, 6.45) is 1.51. The van der Waals surface area contributed by atoms with Gasteiger partial charge in [0.05, 0.1) is 11.7 Å². The van der Waals surface area contributed by atoms with E-state index < -0.39 is 29.5 Å². The minimum absolute atomic E-state index is 0.157. The quantitative estimate of drug-likeness (QED) is 0.534. The van der Waals surface area contributed by atoms with Gasteiger partial charge in [-0.15, -0.1) is 0 Å². The Balaban J connectivity index is 1.16. The summed E-state index contributed by atoms with van der Waals surface area (Å²) in [7, 11) is 0. The van der Waals surface area contributed by atoms with Crippen LogP contribution in [0.1, 0.15) is 47.8 Å². The molecule has 1 aromatic heterocycles. The summed E-state index contributed by atoms with van der Waals surface area (Å²) < 4.78 is 34.0. The summed E-state index contributed by atoms with van der Waals surface area (Å²) in [5.41, 5.74) is 1.46. The molecule has 2 amide bonds. The largest absolute Gasteiger partial charge is 0.342 e. The molecule has 8 heteroatoms. The van der Waals surface area contributed by atoms with Crippen molar-refractivity contribution in [2.24, 2.45) is 0 Å². The van der Waals surface area contributed by atoms with Crippen molar-refractivity contribution in [3.8, 4) is 11.3 Å². The number of rotatable bonds is 3. The summed E-state index contributed by atoms with van der Waals surface area (Å²) in [6, 6.07) is 18.0. The van der Waals surface area contributed by atoms with Crippen molar-refractivity contribution < 1.29 is 23.1 Å². The minimum atomic E-state index is -1.01. The number of pyridine rings is 1. The van der Waals surface area contributed by atoms with E-state index in [0.717, 1.165) is 17.3 Å². The van der Waals surface area contributed by atoms with Crippen LogP contribution in [0.15, 0.2) is 66.7 Å². The highest BCUT2D eigenvalue weighted by molar-refractivity contribution is 5.94. The fraction of sp³-hybridized carbons (Fsp3) is 0.321. The molecule has 2 atom stereocenters. The van der Waals surface area contributed by atoms with Gasteiger partial charge in [-0.05, 0) is 42.7 Å². The van der Waals surface area contributed by atoms with Crippen molar-refractivity contribution in [3.05, 3.63) is 89.6 Å². The summed E-state index contributed by atoms with van der Waals surface area (Å²) in [6.45, 7) is 0.725. The number of amides is 2. The molecule has 0 aliphatic carbocycles. The number of piperidine rings is 1. The van der Waals surface area contributed by atoms with Crippen molar-refractivity contribution in [2.75, 3.05) is 13.1 Å². The molecule has 184 valence electrons. The number of nitrogens with zero attached hydrogens (tertiary/aromatic N) is 3. The van der Waals surface area contributed by atoms with E-state index in [1.807, 2.05) is 42.5 Å². The molecule has 0 saturated carbocycles. The summed E-state index contributed by atoms with van der Waals surface area (Å²) in [5, 5.41) is 0. The highest BCUT2D eigenvalue weighted by Gasteiger charge is 2.58. The van der Waals surface area contributed by atoms with Crippen LogP contribution in [-0.2, 0) is 9.53 Å². The van der Waals surface area contributed by atoms with E-state index in [1.54, 1.807) is 15.9 Å². The zero-order valence-corrected chi connectivity index (χ0v) is 19.6. The van der Waals surface area contributed by atoms with Crippen molar-refractivity contribution in [2.45, 2.75) is 43.6 Å². The first kappa shape index (κ1) is 22.8. The third-order valence-electron chi connectivity index (χ3n) is 7.48. The SMILES string of the molecule is O=C(c1cccc(-c2ccccc2)n1)N1CCC2(CC1)OC1CCC(c3cc(F)cc(F)c3)N1C2=O. The smallest absolute Gasteiger partial charge is 0.272 e. The predicted octanol–water partition coefficient (Wildman–Crippen LogP) is 4.72. The zero-order valence-electron chi connectivity index (χ0n) is 19.6. The molecule has 0 N–H and O–H groups in total. The Hall–Kier alpha value is -3.65. The third kappa shape index (κ3) is 3.86. The number of hydrogen-bond donors (Lipinski definition) is 0. The lowest BCUT2D eigenvalue weighted by Gasteiger charge is -2.37. The van der Waals surface area contributed by atoms with Crippen molar-refractivity contribution >= 4 is 11.8 Å². The number of benzene rings is 2. The minimum Gasteiger partial charge on any atom is -0.342 e. The van der Waals surface area contributed by atoms with E-state index >= 15 is 0 Å². The average Bonchev–Trinajstić information content (AvgIpc) is 3.42. The molecule has 6 nitrogen and oxygen atoms in total. The average molecular weight is 490 g/mol. The van der Waals surface area contributed by atoms with Crippen LogP contribution < -0.4 is 0 Å². The van der Waals surface area contributed by atoms with Gasteiger partial charge in [0.2, 0.25) is 0 Å². The fourth-order valence-corrected chi connectivity index (χ4v) is 5.70. The molecule has 3 aromatic rings. The molecule has 0 bridgehead atoms. The fourth-order valence-electron chi connectivity index (χ4n) is 5.70. The Morgan fingerprint density at radius 1 is 0.944 bits per heavy atom. The van der Waals surface area contributed by atoms with Crippen molar-refractivity contribution in [3.63, 3.8) is 0 Å². The number of likely N-dealkylation sites (tertiary alicyclic amines) is 1. The molecule has 3 saturated heterocycles. The van der Waals surface area contributed by atoms with Crippen LogP contribution in [0, 0.1) is 11.6 Å². The maximum Gasteiger partial charge on any atom is 0.272 e. The molecule has 3 fully saturated rings.